The van der Waals surface area contributed by atoms with Crippen molar-refractivity contribution < 1.29 is 13.2 Å². The molecule has 26 heavy (non-hydrogen) atoms. The van der Waals surface area contributed by atoms with Gasteiger partial charge in [-0.05, 0) is 32.6 Å². The second-order valence-electron chi connectivity index (χ2n) is 7.61. The van der Waals surface area contributed by atoms with Crippen LogP contribution in [0.5, 0.6) is 0 Å². The van der Waals surface area contributed by atoms with Gasteiger partial charge in [0, 0.05) is 38.3 Å². The molecule has 1 aromatic heterocycles. The Balaban J connectivity index is 1.55. The number of hydrogen-bond donors (Lipinski definition) is 1. The average Bonchev–Trinajstić information content (AvgIpc) is 2.82. The molecule has 1 aliphatic heterocycles. The van der Waals surface area contributed by atoms with E-state index in [0.717, 1.165) is 12.8 Å². The average molecular weight is 383 g/mol. The number of nitrogens with one attached hydrogen (secondary N) is 1. The van der Waals surface area contributed by atoms with E-state index < -0.39 is 10.0 Å². The van der Waals surface area contributed by atoms with E-state index in [2.05, 4.69) is 10.3 Å². The van der Waals surface area contributed by atoms with Gasteiger partial charge >= 0.3 is 0 Å². The number of sulfonamides is 1. The lowest BCUT2D eigenvalue weighted by molar-refractivity contribution is -0.126. The molecule has 2 aliphatic rings. The molecule has 146 valence electrons. The van der Waals surface area contributed by atoms with E-state index in [1.165, 1.54) is 30.0 Å². The summed E-state index contributed by atoms with van der Waals surface area (Å²) in [4.78, 5) is 16.7. The first-order chi connectivity index (χ1) is 12.4. The topological polar surface area (TPSA) is 84.3 Å². The van der Waals surface area contributed by atoms with Crippen molar-refractivity contribution in [3.63, 3.8) is 0 Å². The van der Waals surface area contributed by atoms with Crippen LogP contribution >= 0.6 is 0 Å². The standard InChI is InChI=1S/C18H30N4O3S/c1-14-19-17(13-21(14)2)26(24,25)22-11-9-15(10-12-22)18(23)20-16-7-5-3-4-6-8-16/h13,15-16H,3-12H2,1-2H3,(H,20,23). The van der Waals surface area contributed by atoms with E-state index >= 15 is 0 Å². The molecule has 8 heteroatoms. The van der Waals surface area contributed by atoms with Crippen LogP contribution in [-0.2, 0) is 21.9 Å². The van der Waals surface area contributed by atoms with Crippen molar-refractivity contribution in [1.29, 1.82) is 0 Å². The third-order valence-corrected chi connectivity index (χ3v) is 7.49. The number of aryl methyl sites for hydroxylation is 2. The molecule has 0 bridgehead atoms. The van der Waals surface area contributed by atoms with Crippen molar-refractivity contribution in [3.05, 3.63) is 12.0 Å². The summed E-state index contributed by atoms with van der Waals surface area (Å²) in [5.41, 5.74) is 0. The maximum atomic E-state index is 12.7. The summed E-state index contributed by atoms with van der Waals surface area (Å²) in [7, 11) is -1.79. The highest BCUT2D eigenvalue weighted by molar-refractivity contribution is 7.89. The largest absolute Gasteiger partial charge is 0.353 e. The molecule has 0 atom stereocenters. The molecule has 3 rings (SSSR count). The zero-order valence-corrected chi connectivity index (χ0v) is 16.6. The van der Waals surface area contributed by atoms with E-state index in [1.807, 2.05) is 0 Å². The summed E-state index contributed by atoms with van der Waals surface area (Å²) in [6.45, 7) is 2.53. The molecule has 1 N–H and O–H groups in total. The summed E-state index contributed by atoms with van der Waals surface area (Å²) < 4.78 is 28.6. The molecule has 2 fully saturated rings. The van der Waals surface area contributed by atoms with Gasteiger partial charge < -0.3 is 9.88 Å². The van der Waals surface area contributed by atoms with Crippen LogP contribution in [-0.4, -0.2) is 47.3 Å². The molecule has 0 spiro atoms. The predicted octanol–water partition coefficient (Wildman–Crippen LogP) is 1.97. The van der Waals surface area contributed by atoms with E-state index in [0.29, 0.717) is 37.8 Å². The number of aromatic nitrogens is 2. The third-order valence-electron chi connectivity index (χ3n) is 5.72. The molecule has 1 saturated carbocycles. The van der Waals surface area contributed by atoms with Crippen molar-refractivity contribution >= 4 is 15.9 Å². The number of nitrogens with zero attached hydrogens (tertiary/aromatic N) is 3. The molecule has 7 nitrogen and oxygen atoms in total. The van der Waals surface area contributed by atoms with Gasteiger partial charge in [-0.1, -0.05) is 25.7 Å². The van der Waals surface area contributed by atoms with Crippen molar-refractivity contribution in [2.75, 3.05) is 13.1 Å². The minimum atomic E-state index is -3.58. The highest BCUT2D eigenvalue weighted by Gasteiger charge is 2.34. The van der Waals surface area contributed by atoms with Gasteiger partial charge in [0.15, 0.2) is 5.03 Å². The normalized spacial score (nSPS) is 21.5. The number of piperidine rings is 1. The molecule has 0 radical (unpaired) electrons. The molecule has 1 aromatic rings. The fourth-order valence-electron chi connectivity index (χ4n) is 3.88. The molecule has 1 amide bonds. The molecule has 1 aliphatic carbocycles. The van der Waals surface area contributed by atoms with Gasteiger partial charge in [0.1, 0.15) is 5.82 Å². The number of carbonyl (C=O) groups is 1. The maximum Gasteiger partial charge on any atom is 0.262 e. The fourth-order valence-corrected chi connectivity index (χ4v) is 5.38. The van der Waals surface area contributed by atoms with Crippen molar-refractivity contribution in [1.82, 2.24) is 19.2 Å². The number of amides is 1. The number of rotatable bonds is 4. The van der Waals surface area contributed by atoms with Crippen LogP contribution in [0, 0.1) is 12.8 Å². The zero-order chi connectivity index (χ0) is 18.7. The van der Waals surface area contributed by atoms with Crippen LogP contribution in [0.15, 0.2) is 11.2 Å². The minimum absolute atomic E-state index is 0.0878. The van der Waals surface area contributed by atoms with Gasteiger partial charge in [-0.3, -0.25) is 4.79 Å². The lowest BCUT2D eigenvalue weighted by atomic mass is 9.96. The van der Waals surface area contributed by atoms with Gasteiger partial charge in [0.2, 0.25) is 5.91 Å². The summed E-state index contributed by atoms with van der Waals surface area (Å²) in [5, 5.41) is 3.30. The van der Waals surface area contributed by atoms with Crippen LogP contribution in [0.25, 0.3) is 0 Å². The Morgan fingerprint density at radius 3 is 2.27 bits per heavy atom. The summed E-state index contributed by atoms with van der Waals surface area (Å²) in [6, 6.07) is 0.295. The molecule has 0 unspecified atom stereocenters. The van der Waals surface area contributed by atoms with E-state index in [1.54, 1.807) is 24.7 Å². The first kappa shape index (κ1) is 19.4. The second-order valence-corrected chi connectivity index (χ2v) is 9.50. The monoisotopic (exact) mass is 382 g/mol. The van der Waals surface area contributed by atoms with Crippen LogP contribution in [0.3, 0.4) is 0 Å². The quantitative estimate of drug-likeness (QED) is 0.807. The SMILES string of the molecule is Cc1nc(S(=O)(=O)N2CCC(C(=O)NC3CCCCCC3)CC2)cn1C. The van der Waals surface area contributed by atoms with E-state index in [9.17, 15) is 13.2 Å². The van der Waals surface area contributed by atoms with Gasteiger partial charge in [-0.15, -0.1) is 0 Å². The van der Waals surface area contributed by atoms with Crippen molar-refractivity contribution in [3.8, 4) is 0 Å². The molecule has 0 aromatic carbocycles. The van der Waals surface area contributed by atoms with Gasteiger partial charge in [-0.2, -0.15) is 4.31 Å². The van der Waals surface area contributed by atoms with Gasteiger partial charge in [0.05, 0.1) is 0 Å². The van der Waals surface area contributed by atoms with Gasteiger partial charge in [0.25, 0.3) is 10.0 Å². The van der Waals surface area contributed by atoms with Crippen molar-refractivity contribution in [2.24, 2.45) is 13.0 Å². The number of imidazole rings is 1. The maximum absolute atomic E-state index is 12.7. The minimum Gasteiger partial charge on any atom is -0.353 e. The number of carbonyl (C=O) groups excluding carboxylic acids is 1. The van der Waals surface area contributed by atoms with Crippen LogP contribution < -0.4 is 5.32 Å². The highest BCUT2D eigenvalue weighted by Crippen LogP contribution is 2.24. The van der Waals surface area contributed by atoms with E-state index in [4.69, 9.17) is 0 Å². The Morgan fingerprint density at radius 1 is 1.12 bits per heavy atom. The zero-order valence-electron chi connectivity index (χ0n) is 15.8. The van der Waals surface area contributed by atoms with Gasteiger partial charge in [-0.25, -0.2) is 13.4 Å². The molecular weight excluding hydrogens is 352 g/mol. The smallest absolute Gasteiger partial charge is 0.262 e. The Morgan fingerprint density at radius 2 is 1.73 bits per heavy atom. The Bertz CT molecular complexity index is 708. The Labute approximate surface area is 156 Å². The highest BCUT2D eigenvalue weighted by atomic mass is 32.2. The summed E-state index contributed by atoms with van der Waals surface area (Å²) in [6.07, 6.45) is 9.72. The summed E-state index contributed by atoms with van der Waals surface area (Å²) in [5.74, 6) is 0.680. The second kappa shape index (κ2) is 8.08. The van der Waals surface area contributed by atoms with Crippen LogP contribution in [0.1, 0.15) is 57.2 Å². The van der Waals surface area contributed by atoms with Crippen LogP contribution in [0.4, 0.5) is 0 Å². The molecular formula is C18H30N4O3S. The summed E-state index contributed by atoms with van der Waals surface area (Å²) >= 11 is 0. The lowest BCUT2D eigenvalue weighted by Gasteiger charge is -2.31. The molecule has 1 saturated heterocycles. The van der Waals surface area contributed by atoms with Crippen molar-refractivity contribution in [2.45, 2.75) is 69.4 Å². The van der Waals surface area contributed by atoms with Crippen LogP contribution in [0.2, 0.25) is 0 Å². The molecule has 2 heterocycles. The predicted molar refractivity (Wildman–Crippen MR) is 99.1 cm³/mol. The first-order valence-corrected chi connectivity index (χ1v) is 11.1. The third kappa shape index (κ3) is 4.28. The lowest BCUT2D eigenvalue weighted by Crippen LogP contribution is -2.45. The number of hydrogen-bond acceptors (Lipinski definition) is 4. The Kier molecular flexibility index (Phi) is 6.02. The first-order valence-electron chi connectivity index (χ1n) is 9.68. The Hall–Kier alpha value is -1.41. The van der Waals surface area contributed by atoms with E-state index in [-0.39, 0.29) is 16.9 Å². The fraction of sp³-hybridized carbons (Fsp3) is 0.778.